The van der Waals surface area contributed by atoms with Gasteiger partial charge < -0.3 is 10.1 Å². The molecule has 17 heavy (non-hydrogen) atoms. The average molecular weight is 236 g/mol. The van der Waals surface area contributed by atoms with Crippen molar-refractivity contribution in [2.75, 3.05) is 13.2 Å². The normalized spacial score (nSPS) is 9.94. The number of ether oxygens (including phenoxy) is 1. The largest absolute Gasteiger partial charge is 0.483 e. The van der Waals surface area contributed by atoms with Crippen LogP contribution in [-0.4, -0.2) is 18.1 Å². The molecule has 0 atom stereocenters. The summed E-state index contributed by atoms with van der Waals surface area (Å²) in [7, 11) is 0. The van der Waals surface area contributed by atoms with Crippen LogP contribution in [0.5, 0.6) is 5.75 Å². The number of nitrogens with zero attached hydrogens (tertiary/aromatic N) is 1. The third kappa shape index (κ3) is 3.88. The zero-order valence-corrected chi connectivity index (χ0v) is 9.81. The summed E-state index contributed by atoms with van der Waals surface area (Å²) in [5.41, 5.74) is 0.934. The Hall–Kier alpha value is -1.88. The van der Waals surface area contributed by atoms with E-state index in [1.54, 1.807) is 18.2 Å². The fraction of sp³-hybridized carbons (Fsp3) is 0.333. The zero-order chi connectivity index (χ0) is 12.7. The van der Waals surface area contributed by atoms with E-state index in [0.29, 0.717) is 6.54 Å². The smallest absolute Gasteiger partial charge is 0.310 e. The molecule has 0 spiro atoms. The first-order chi connectivity index (χ1) is 8.19. The van der Waals surface area contributed by atoms with Crippen LogP contribution in [0, 0.1) is 10.1 Å². The molecule has 5 heteroatoms. The van der Waals surface area contributed by atoms with E-state index >= 15 is 0 Å². The van der Waals surface area contributed by atoms with E-state index in [4.69, 9.17) is 4.74 Å². The van der Waals surface area contributed by atoms with E-state index in [0.717, 1.165) is 12.1 Å². The molecule has 0 unspecified atom stereocenters. The lowest BCUT2D eigenvalue weighted by Gasteiger charge is -2.07. The zero-order valence-electron chi connectivity index (χ0n) is 9.81. The molecular weight excluding hydrogens is 220 g/mol. The molecule has 5 nitrogen and oxygen atoms in total. The number of hydrogen-bond donors (Lipinski definition) is 1. The highest BCUT2D eigenvalue weighted by Gasteiger charge is 2.14. The number of nitrogens with one attached hydrogen (secondary N) is 1. The highest BCUT2D eigenvalue weighted by molar-refractivity contribution is 5.48. The van der Waals surface area contributed by atoms with Crippen LogP contribution < -0.4 is 10.1 Å². The average Bonchev–Trinajstić information content (AvgIpc) is 2.33. The molecular formula is C12H16N2O3. The molecule has 1 aromatic rings. The highest BCUT2D eigenvalue weighted by atomic mass is 16.6. The summed E-state index contributed by atoms with van der Waals surface area (Å²) in [6, 6.07) is 4.87. The van der Waals surface area contributed by atoms with Gasteiger partial charge in [-0.3, -0.25) is 10.1 Å². The first-order valence-corrected chi connectivity index (χ1v) is 5.40. The monoisotopic (exact) mass is 236 g/mol. The third-order valence-corrected chi connectivity index (χ3v) is 2.16. The van der Waals surface area contributed by atoms with Crippen LogP contribution >= 0.6 is 0 Å². The summed E-state index contributed by atoms with van der Waals surface area (Å²) in [4.78, 5) is 10.3. The first kappa shape index (κ1) is 13.2. The molecule has 0 radical (unpaired) electrons. The number of rotatable bonds is 7. The van der Waals surface area contributed by atoms with Crippen molar-refractivity contribution >= 4 is 5.69 Å². The Balaban J connectivity index is 2.92. The molecule has 1 N–H and O–H groups in total. The molecule has 92 valence electrons. The lowest BCUT2D eigenvalue weighted by molar-refractivity contribution is -0.385. The Morgan fingerprint density at radius 2 is 2.35 bits per heavy atom. The van der Waals surface area contributed by atoms with Crippen molar-refractivity contribution < 1.29 is 9.66 Å². The summed E-state index contributed by atoms with van der Waals surface area (Å²) in [6.45, 7) is 7.28. The second kappa shape index (κ2) is 6.65. The van der Waals surface area contributed by atoms with Crippen LogP contribution in [0.4, 0.5) is 5.69 Å². The maximum atomic E-state index is 10.8. The molecule has 1 rings (SSSR count). The van der Waals surface area contributed by atoms with Crippen molar-refractivity contribution in [3.63, 3.8) is 0 Å². The Bertz CT molecular complexity index is 405. The number of hydrogen-bond acceptors (Lipinski definition) is 4. The van der Waals surface area contributed by atoms with E-state index < -0.39 is 4.92 Å². The summed E-state index contributed by atoms with van der Waals surface area (Å²) >= 11 is 0. The second-order valence-corrected chi connectivity index (χ2v) is 3.44. The summed E-state index contributed by atoms with van der Waals surface area (Å²) in [6.07, 6.45) is 1.56. The van der Waals surface area contributed by atoms with Crippen LogP contribution in [0.3, 0.4) is 0 Å². The van der Waals surface area contributed by atoms with Gasteiger partial charge in [0.1, 0.15) is 6.61 Å². The molecule has 0 aliphatic rings. The first-order valence-electron chi connectivity index (χ1n) is 5.40. The van der Waals surface area contributed by atoms with Crippen molar-refractivity contribution in [2.45, 2.75) is 13.5 Å². The van der Waals surface area contributed by atoms with Gasteiger partial charge in [0, 0.05) is 12.6 Å². The van der Waals surface area contributed by atoms with Crippen LogP contribution in [0.25, 0.3) is 0 Å². The Morgan fingerprint density at radius 1 is 1.59 bits per heavy atom. The van der Waals surface area contributed by atoms with Gasteiger partial charge in [-0.25, -0.2) is 0 Å². The summed E-state index contributed by atoms with van der Waals surface area (Å²) < 4.78 is 5.28. The van der Waals surface area contributed by atoms with Gasteiger partial charge in [0.05, 0.1) is 4.92 Å². The molecule has 0 heterocycles. The molecule has 0 aliphatic heterocycles. The van der Waals surface area contributed by atoms with E-state index in [1.807, 2.05) is 6.92 Å². The Labute approximate surface area is 100 Å². The van der Waals surface area contributed by atoms with Crippen LogP contribution in [0.15, 0.2) is 30.9 Å². The minimum atomic E-state index is -0.449. The van der Waals surface area contributed by atoms with Gasteiger partial charge in [-0.1, -0.05) is 25.6 Å². The van der Waals surface area contributed by atoms with Crippen molar-refractivity contribution in [3.05, 3.63) is 46.5 Å². The third-order valence-electron chi connectivity index (χ3n) is 2.16. The lowest BCUT2D eigenvalue weighted by atomic mass is 10.2. The van der Waals surface area contributed by atoms with Crippen molar-refractivity contribution in [2.24, 2.45) is 0 Å². The second-order valence-electron chi connectivity index (χ2n) is 3.44. The molecule has 0 bridgehead atoms. The molecule has 1 aromatic carbocycles. The number of benzene rings is 1. The van der Waals surface area contributed by atoms with Crippen LogP contribution in [-0.2, 0) is 6.54 Å². The Kier molecular flexibility index (Phi) is 5.16. The van der Waals surface area contributed by atoms with E-state index in [2.05, 4.69) is 11.9 Å². The van der Waals surface area contributed by atoms with E-state index in [1.165, 1.54) is 6.07 Å². The number of nitro benzene ring substituents is 1. The summed E-state index contributed by atoms with van der Waals surface area (Å²) in [5.74, 6) is 0.283. The quantitative estimate of drug-likeness (QED) is 0.448. The fourth-order valence-corrected chi connectivity index (χ4v) is 1.35. The predicted octanol–water partition coefficient (Wildman–Crippen LogP) is 2.27. The van der Waals surface area contributed by atoms with Gasteiger partial charge in [0.2, 0.25) is 0 Å². The minimum absolute atomic E-state index is 0.0212. The molecule has 0 amide bonds. The van der Waals surface area contributed by atoms with Crippen molar-refractivity contribution in [3.8, 4) is 5.75 Å². The maximum Gasteiger partial charge on any atom is 0.310 e. The number of nitro groups is 1. The lowest BCUT2D eigenvalue weighted by Crippen LogP contribution is -2.12. The van der Waals surface area contributed by atoms with Crippen LogP contribution in [0.2, 0.25) is 0 Å². The fourth-order valence-electron chi connectivity index (χ4n) is 1.35. The van der Waals surface area contributed by atoms with E-state index in [9.17, 15) is 10.1 Å². The molecule has 0 aromatic heterocycles. The van der Waals surface area contributed by atoms with E-state index in [-0.39, 0.29) is 18.0 Å². The van der Waals surface area contributed by atoms with Gasteiger partial charge in [0.25, 0.3) is 0 Å². The van der Waals surface area contributed by atoms with Gasteiger partial charge in [-0.15, -0.1) is 0 Å². The topological polar surface area (TPSA) is 64.4 Å². The standard InChI is InChI=1S/C12H16N2O3/c1-3-7-17-12-8-10(9-13-4-2)5-6-11(12)14(15)16/h3,5-6,8,13H,1,4,7,9H2,2H3. The SMILES string of the molecule is C=CCOc1cc(CNCC)ccc1[N+](=O)[O-]. The van der Waals surface area contributed by atoms with Gasteiger partial charge in [0.15, 0.2) is 5.75 Å². The maximum absolute atomic E-state index is 10.8. The summed E-state index contributed by atoms with van der Waals surface area (Å²) in [5, 5.41) is 13.9. The van der Waals surface area contributed by atoms with Crippen molar-refractivity contribution in [1.82, 2.24) is 5.32 Å². The van der Waals surface area contributed by atoms with Gasteiger partial charge in [-0.2, -0.15) is 0 Å². The molecule has 0 fully saturated rings. The van der Waals surface area contributed by atoms with Gasteiger partial charge in [-0.05, 0) is 18.2 Å². The van der Waals surface area contributed by atoms with Crippen LogP contribution in [0.1, 0.15) is 12.5 Å². The van der Waals surface area contributed by atoms with Crippen molar-refractivity contribution in [1.29, 1.82) is 0 Å². The Morgan fingerprint density at radius 3 is 2.94 bits per heavy atom. The van der Waals surface area contributed by atoms with Gasteiger partial charge >= 0.3 is 5.69 Å². The molecule has 0 saturated carbocycles. The predicted molar refractivity (Wildman–Crippen MR) is 66.2 cm³/mol. The molecule has 0 saturated heterocycles. The molecule has 0 aliphatic carbocycles. The highest BCUT2D eigenvalue weighted by Crippen LogP contribution is 2.27. The minimum Gasteiger partial charge on any atom is -0.483 e.